The molecule has 0 saturated carbocycles. The molecule has 1 N–H and O–H groups in total. The molecule has 1 unspecified atom stereocenters. The highest BCUT2D eigenvalue weighted by Crippen LogP contribution is 2.25. The van der Waals surface area contributed by atoms with Crippen LogP contribution in [0.25, 0.3) is 0 Å². The minimum absolute atomic E-state index is 0.0355. The SMILES string of the molecule is Cc1cc(Nc2ccnc(Cl)n2)nn1C1CCCCO1. The molecule has 3 heterocycles. The fourth-order valence-electron chi connectivity index (χ4n) is 2.29. The van der Waals surface area contributed by atoms with Crippen LogP contribution in [0.1, 0.15) is 31.2 Å². The lowest BCUT2D eigenvalue weighted by atomic mass is 10.2. The topological polar surface area (TPSA) is 64.9 Å². The Labute approximate surface area is 122 Å². The molecule has 1 aliphatic heterocycles. The number of hydrogen-bond donors (Lipinski definition) is 1. The van der Waals surface area contributed by atoms with Crippen LogP contribution in [0.15, 0.2) is 18.3 Å². The van der Waals surface area contributed by atoms with Crippen molar-refractivity contribution in [3.8, 4) is 0 Å². The van der Waals surface area contributed by atoms with E-state index in [0.717, 1.165) is 31.0 Å². The van der Waals surface area contributed by atoms with Crippen molar-refractivity contribution >= 4 is 23.2 Å². The molecular formula is C13H16ClN5O. The van der Waals surface area contributed by atoms with Crippen molar-refractivity contribution in [3.05, 3.63) is 29.3 Å². The Bertz CT molecular complexity index is 594. The number of rotatable bonds is 3. The summed E-state index contributed by atoms with van der Waals surface area (Å²) in [6.07, 6.45) is 4.94. The first kappa shape index (κ1) is 13.3. The first-order valence-electron chi connectivity index (χ1n) is 6.66. The average Bonchev–Trinajstić information content (AvgIpc) is 2.80. The fourth-order valence-corrected chi connectivity index (χ4v) is 2.44. The van der Waals surface area contributed by atoms with Crippen LogP contribution in [0.3, 0.4) is 0 Å². The fraction of sp³-hybridized carbons (Fsp3) is 0.462. The summed E-state index contributed by atoms with van der Waals surface area (Å²) in [7, 11) is 0. The highest BCUT2D eigenvalue weighted by Gasteiger charge is 2.19. The molecule has 1 saturated heterocycles. The van der Waals surface area contributed by atoms with Gasteiger partial charge in [0.05, 0.1) is 0 Å². The van der Waals surface area contributed by atoms with Gasteiger partial charge in [-0.2, -0.15) is 5.10 Å². The summed E-state index contributed by atoms with van der Waals surface area (Å²) < 4.78 is 7.67. The Hall–Kier alpha value is -1.66. The van der Waals surface area contributed by atoms with E-state index in [-0.39, 0.29) is 11.5 Å². The summed E-state index contributed by atoms with van der Waals surface area (Å²) in [6, 6.07) is 3.71. The van der Waals surface area contributed by atoms with Crippen molar-refractivity contribution in [2.45, 2.75) is 32.4 Å². The molecule has 0 radical (unpaired) electrons. The Balaban J connectivity index is 1.78. The monoisotopic (exact) mass is 293 g/mol. The summed E-state index contributed by atoms with van der Waals surface area (Å²) in [5.41, 5.74) is 1.06. The first-order chi connectivity index (χ1) is 9.72. The second-order valence-corrected chi connectivity index (χ2v) is 5.11. The van der Waals surface area contributed by atoms with E-state index < -0.39 is 0 Å². The van der Waals surface area contributed by atoms with E-state index in [1.54, 1.807) is 12.3 Å². The third-order valence-corrected chi connectivity index (χ3v) is 3.42. The van der Waals surface area contributed by atoms with E-state index in [2.05, 4.69) is 20.4 Å². The van der Waals surface area contributed by atoms with Crippen LogP contribution in [0.5, 0.6) is 0 Å². The van der Waals surface area contributed by atoms with Crippen molar-refractivity contribution in [3.63, 3.8) is 0 Å². The van der Waals surface area contributed by atoms with Crippen LogP contribution in [0, 0.1) is 6.92 Å². The molecule has 0 aromatic carbocycles. The van der Waals surface area contributed by atoms with E-state index in [0.29, 0.717) is 5.82 Å². The van der Waals surface area contributed by atoms with E-state index in [4.69, 9.17) is 16.3 Å². The van der Waals surface area contributed by atoms with Crippen LogP contribution >= 0.6 is 11.6 Å². The van der Waals surface area contributed by atoms with Crippen molar-refractivity contribution in [2.75, 3.05) is 11.9 Å². The molecule has 0 aliphatic carbocycles. The Morgan fingerprint density at radius 3 is 3.05 bits per heavy atom. The number of nitrogens with one attached hydrogen (secondary N) is 1. The molecule has 1 aliphatic rings. The summed E-state index contributed by atoms with van der Waals surface area (Å²) >= 11 is 5.76. The second kappa shape index (κ2) is 5.76. The minimum atomic E-state index is 0.0355. The highest BCUT2D eigenvalue weighted by molar-refractivity contribution is 6.28. The smallest absolute Gasteiger partial charge is 0.224 e. The predicted molar refractivity (Wildman–Crippen MR) is 76.1 cm³/mol. The maximum atomic E-state index is 5.76. The lowest BCUT2D eigenvalue weighted by Gasteiger charge is -2.23. The van der Waals surface area contributed by atoms with Crippen LogP contribution in [0.2, 0.25) is 5.28 Å². The van der Waals surface area contributed by atoms with Crippen molar-refractivity contribution in [2.24, 2.45) is 0 Å². The van der Waals surface area contributed by atoms with Gasteiger partial charge >= 0.3 is 0 Å². The van der Waals surface area contributed by atoms with Gasteiger partial charge in [0.1, 0.15) is 5.82 Å². The molecule has 6 nitrogen and oxygen atoms in total. The molecule has 2 aromatic heterocycles. The van der Waals surface area contributed by atoms with Crippen molar-refractivity contribution < 1.29 is 4.74 Å². The molecule has 2 aromatic rings. The molecule has 0 bridgehead atoms. The third kappa shape index (κ3) is 2.91. The average molecular weight is 294 g/mol. The molecule has 20 heavy (non-hydrogen) atoms. The number of ether oxygens (including phenoxy) is 1. The minimum Gasteiger partial charge on any atom is -0.357 e. The Morgan fingerprint density at radius 1 is 1.40 bits per heavy atom. The Kier molecular flexibility index (Phi) is 3.84. The maximum Gasteiger partial charge on any atom is 0.224 e. The van der Waals surface area contributed by atoms with Crippen LogP contribution in [-0.2, 0) is 4.74 Å². The van der Waals surface area contributed by atoms with E-state index in [1.165, 1.54) is 6.42 Å². The molecule has 1 atom stereocenters. The van der Waals surface area contributed by atoms with Gasteiger partial charge in [-0.05, 0) is 43.9 Å². The number of aromatic nitrogens is 4. The molecule has 0 spiro atoms. The van der Waals surface area contributed by atoms with Gasteiger partial charge < -0.3 is 10.1 Å². The molecule has 106 valence electrons. The largest absolute Gasteiger partial charge is 0.357 e. The number of halogens is 1. The van der Waals surface area contributed by atoms with Gasteiger partial charge in [-0.15, -0.1) is 0 Å². The quantitative estimate of drug-likeness (QED) is 0.881. The second-order valence-electron chi connectivity index (χ2n) is 4.77. The summed E-state index contributed by atoms with van der Waals surface area (Å²) in [4.78, 5) is 7.93. The van der Waals surface area contributed by atoms with Crippen LogP contribution in [-0.4, -0.2) is 26.4 Å². The van der Waals surface area contributed by atoms with Crippen LogP contribution < -0.4 is 5.32 Å². The number of aryl methyl sites for hydroxylation is 1. The standard InChI is InChI=1S/C13H16ClN5O/c1-9-8-11(16-10-5-6-15-13(14)17-10)18-19(9)12-4-2-3-7-20-12/h5-6,8,12H,2-4,7H2,1H3,(H,15,16,17,18). The van der Waals surface area contributed by atoms with E-state index in [1.807, 2.05) is 17.7 Å². The predicted octanol–water partition coefficient (Wildman–Crippen LogP) is 3.08. The van der Waals surface area contributed by atoms with Gasteiger partial charge in [-0.25, -0.2) is 14.6 Å². The van der Waals surface area contributed by atoms with Gasteiger partial charge in [0.15, 0.2) is 12.0 Å². The van der Waals surface area contributed by atoms with Crippen molar-refractivity contribution in [1.82, 2.24) is 19.7 Å². The summed E-state index contributed by atoms with van der Waals surface area (Å²) in [5.74, 6) is 1.35. The molecule has 0 amide bonds. The number of nitrogens with zero attached hydrogens (tertiary/aromatic N) is 4. The molecule has 3 rings (SSSR count). The zero-order valence-corrected chi connectivity index (χ0v) is 12.0. The first-order valence-corrected chi connectivity index (χ1v) is 7.03. The number of hydrogen-bond acceptors (Lipinski definition) is 5. The molecular weight excluding hydrogens is 278 g/mol. The molecule has 1 fully saturated rings. The highest BCUT2D eigenvalue weighted by atomic mass is 35.5. The molecule has 7 heteroatoms. The zero-order valence-electron chi connectivity index (χ0n) is 11.2. The normalized spacial score (nSPS) is 19.0. The summed E-state index contributed by atoms with van der Waals surface area (Å²) in [5, 5.41) is 7.87. The lowest BCUT2D eigenvalue weighted by Crippen LogP contribution is -2.20. The van der Waals surface area contributed by atoms with Gasteiger partial charge in [0.2, 0.25) is 5.28 Å². The maximum absolute atomic E-state index is 5.76. The van der Waals surface area contributed by atoms with Gasteiger partial charge in [-0.3, -0.25) is 0 Å². The zero-order chi connectivity index (χ0) is 13.9. The van der Waals surface area contributed by atoms with Crippen LogP contribution in [0.4, 0.5) is 11.6 Å². The lowest BCUT2D eigenvalue weighted by molar-refractivity contribution is -0.0404. The van der Waals surface area contributed by atoms with Gasteiger partial charge in [-0.1, -0.05) is 0 Å². The van der Waals surface area contributed by atoms with Gasteiger partial charge in [0, 0.05) is 24.6 Å². The van der Waals surface area contributed by atoms with Gasteiger partial charge in [0.25, 0.3) is 0 Å². The Morgan fingerprint density at radius 2 is 2.30 bits per heavy atom. The summed E-state index contributed by atoms with van der Waals surface area (Å²) in [6.45, 7) is 2.82. The number of anilines is 2. The van der Waals surface area contributed by atoms with Crippen molar-refractivity contribution in [1.29, 1.82) is 0 Å². The van der Waals surface area contributed by atoms with E-state index in [9.17, 15) is 0 Å². The third-order valence-electron chi connectivity index (χ3n) is 3.23. The van der Waals surface area contributed by atoms with E-state index >= 15 is 0 Å².